The molecule has 27 heavy (non-hydrogen) atoms. The number of hydrogen-bond acceptors (Lipinski definition) is 4. The second-order valence-electron chi connectivity index (χ2n) is 6.20. The van der Waals surface area contributed by atoms with Gasteiger partial charge in [-0.05, 0) is 36.1 Å². The van der Waals surface area contributed by atoms with Crippen molar-refractivity contribution in [1.29, 1.82) is 0 Å². The lowest BCUT2D eigenvalue weighted by molar-refractivity contribution is -0.130. The van der Waals surface area contributed by atoms with Crippen molar-refractivity contribution in [3.8, 4) is 11.3 Å². The van der Waals surface area contributed by atoms with Crippen LogP contribution in [0.3, 0.4) is 0 Å². The number of halogens is 1. The number of rotatable bonds is 7. The van der Waals surface area contributed by atoms with Crippen molar-refractivity contribution < 1.29 is 9.21 Å². The maximum atomic E-state index is 12.4. The fourth-order valence-corrected chi connectivity index (χ4v) is 3.35. The van der Waals surface area contributed by atoms with E-state index in [2.05, 4.69) is 29.2 Å². The summed E-state index contributed by atoms with van der Waals surface area (Å²) in [6.07, 6.45) is 4.50. The van der Waals surface area contributed by atoms with Gasteiger partial charge in [0.2, 0.25) is 5.91 Å². The van der Waals surface area contributed by atoms with Gasteiger partial charge < -0.3 is 9.32 Å². The molecule has 0 fully saturated rings. The SMILES string of the molecule is CSc1ccc(CN(C)C(=O)CCc2ncc(-c3ccccc3Cl)o2)cc1. The van der Waals surface area contributed by atoms with Gasteiger partial charge in [-0.15, -0.1) is 11.8 Å². The fourth-order valence-electron chi connectivity index (χ4n) is 2.71. The maximum absolute atomic E-state index is 12.4. The standard InChI is InChI=1S/C21H21ClN2O2S/c1-24(14-15-7-9-16(27-2)10-8-15)21(25)12-11-20-23-13-19(26-20)17-5-3-4-6-18(17)22/h3-10,13H,11-12,14H2,1-2H3. The van der Waals surface area contributed by atoms with E-state index in [1.54, 1.807) is 22.9 Å². The molecule has 0 unspecified atom stereocenters. The van der Waals surface area contributed by atoms with E-state index in [9.17, 15) is 4.79 Å². The third kappa shape index (κ3) is 5.15. The molecule has 6 heteroatoms. The summed E-state index contributed by atoms with van der Waals surface area (Å²) in [6.45, 7) is 0.587. The van der Waals surface area contributed by atoms with Crippen LogP contribution in [0.1, 0.15) is 17.9 Å². The molecule has 1 amide bonds. The van der Waals surface area contributed by atoms with Crippen molar-refractivity contribution in [2.45, 2.75) is 24.3 Å². The minimum atomic E-state index is 0.0569. The van der Waals surface area contributed by atoms with Gasteiger partial charge in [0, 0.05) is 36.9 Å². The highest BCUT2D eigenvalue weighted by molar-refractivity contribution is 7.98. The Morgan fingerprint density at radius 3 is 2.63 bits per heavy atom. The summed E-state index contributed by atoms with van der Waals surface area (Å²) >= 11 is 7.89. The third-order valence-corrected chi connectivity index (χ3v) is 5.32. The number of nitrogens with zero attached hydrogens (tertiary/aromatic N) is 2. The quantitative estimate of drug-likeness (QED) is 0.504. The molecule has 0 aliphatic carbocycles. The van der Waals surface area contributed by atoms with Gasteiger partial charge >= 0.3 is 0 Å². The maximum Gasteiger partial charge on any atom is 0.223 e. The number of carbonyl (C=O) groups is 1. The lowest BCUT2D eigenvalue weighted by Gasteiger charge is -2.17. The highest BCUT2D eigenvalue weighted by Gasteiger charge is 2.13. The first-order valence-corrected chi connectivity index (χ1v) is 10.2. The Morgan fingerprint density at radius 2 is 1.93 bits per heavy atom. The Hall–Kier alpha value is -2.24. The van der Waals surface area contributed by atoms with Crippen LogP contribution in [-0.4, -0.2) is 29.1 Å². The lowest BCUT2D eigenvalue weighted by atomic mass is 10.2. The number of thioether (sulfide) groups is 1. The largest absolute Gasteiger partial charge is 0.441 e. The van der Waals surface area contributed by atoms with Crippen LogP contribution >= 0.6 is 23.4 Å². The first-order valence-electron chi connectivity index (χ1n) is 8.63. The number of carbonyl (C=O) groups excluding carboxylic acids is 1. The monoisotopic (exact) mass is 400 g/mol. The summed E-state index contributed by atoms with van der Waals surface area (Å²) in [5.74, 6) is 1.21. The summed E-state index contributed by atoms with van der Waals surface area (Å²) in [6, 6.07) is 15.7. The van der Waals surface area contributed by atoms with E-state index in [-0.39, 0.29) is 5.91 Å². The molecule has 2 aromatic carbocycles. The van der Waals surface area contributed by atoms with E-state index >= 15 is 0 Å². The van der Waals surface area contributed by atoms with Gasteiger partial charge in [0.25, 0.3) is 0 Å². The normalized spacial score (nSPS) is 10.8. The smallest absolute Gasteiger partial charge is 0.223 e. The molecule has 140 valence electrons. The van der Waals surface area contributed by atoms with Crippen LogP contribution < -0.4 is 0 Å². The Labute approximate surface area is 168 Å². The van der Waals surface area contributed by atoms with Crippen molar-refractivity contribution >= 4 is 29.3 Å². The van der Waals surface area contributed by atoms with Crippen molar-refractivity contribution in [3.63, 3.8) is 0 Å². The number of aryl methyl sites for hydroxylation is 1. The molecule has 0 aliphatic heterocycles. The minimum absolute atomic E-state index is 0.0569. The molecule has 0 spiro atoms. The van der Waals surface area contributed by atoms with E-state index in [0.717, 1.165) is 11.1 Å². The molecule has 1 heterocycles. The van der Waals surface area contributed by atoms with Crippen LogP contribution in [-0.2, 0) is 17.8 Å². The van der Waals surface area contributed by atoms with E-state index in [1.807, 2.05) is 37.6 Å². The Kier molecular flexibility index (Phi) is 6.58. The second kappa shape index (κ2) is 9.11. The topological polar surface area (TPSA) is 46.3 Å². The van der Waals surface area contributed by atoms with Crippen molar-refractivity contribution in [1.82, 2.24) is 9.88 Å². The molecular formula is C21H21ClN2O2S. The van der Waals surface area contributed by atoms with Crippen LogP contribution in [0.25, 0.3) is 11.3 Å². The number of hydrogen-bond donors (Lipinski definition) is 0. The van der Waals surface area contributed by atoms with E-state index in [0.29, 0.717) is 36.1 Å². The number of benzene rings is 2. The van der Waals surface area contributed by atoms with E-state index < -0.39 is 0 Å². The minimum Gasteiger partial charge on any atom is -0.441 e. The third-order valence-electron chi connectivity index (χ3n) is 4.25. The molecular weight excluding hydrogens is 380 g/mol. The zero-order valence-electron chi connectivity index (χ0n) is 15.3. The number of oxazole rings is 1. The zero-order valence-corrected chi connectivity index (χ0v) is 16.9. The Bertz CT molecular complexity index is 909. The summed E-state index contributed by atoms with van der Waals surface area (Å²) < 4.78 is 5.76. The molecule has 3 rings (SSSR count). The molecule has 0 saturated carbocycles. The van der Waals surface area contributed by atoms with E-state index in [4.69, 9.17) is 16.0 Å². The molecule has 0 N–H and O–H groups in total. The molecule has 1 aromatic heterocycles. The zero-order chi connectivity index (χ0) is 19.2. The molecule has 3 aromatic rings. The predicted octanol–water partition coefficient (Wildman–Crippen LogP) is 5.31. The van der Waals surface area contributed by atoms with Gasteiger partial charge in [-0.1, -0.05) is 35.9 Å². The van der Waals surface area contributed by atoms with Crippen LogP contribution in [0.2, 0.25) is 5.02 Å². The molecule has 0 radical (unpaired) electrons. The summed E-state index contributed by atoms with van der Waals surface area (Å²) in [5, 5.41) is 0.614. The van der Waals surface area contributed by atoms with Gasteiger partial charge in [0.15, 0.2) is 11.7 Å². The summed E-state index contributed by atoms with van der Waals surface area (Å²) in [7, 11) is 1.82. The van der Waals surface area contributed by atoms with Crippen LogP contribution in [0.4, 0.5) is 0 Å². The molecule has 0 bridgehead atoms. The fraction of sp³-hybridized carbons (Fsp3) is 0.238. The second-order valence-corrected chi connectivity index (χ2v) is 7.48. The van der Waals surface area contributed by atoms with Crippen LogP contribution in [0.15, 0.2) is 64.0 Å². The van der Waals surface area contributed by atoms with Gasteiger partial charge in [0.1, 0.15) is 0 Å². The van der Waals surface area contributed by atoms with Crippen LogP contribution in [0.5, 0.6) is 0 Å². The first-order chi connectivity index (χ1) is 13.1. The Morgan fingerprint density at radius 1 is 1.19 bits per heavy atom. The predicted molar refractivity (Wildman–Crippen MR) is 110 cm³/mol. The number of aromatic nitrogens is 1. The lowest BCUT2D eigenvalue weighted by Crippen LogP contribution is -2.26. The van der Waals surface area contributed by atoms with Gasteiger partial charge in [-0.3, -0.25) is 4.79 Å². The molecule has 0 atom stereocenters. The molecule has 4 nitrogen and oxygen atoms in total. The van der Waals surface area contributed by atoms with Gasteiger partial charge in [-0.2, -0.15) is 0 Å². The van der Waals surface area contributed by atoms with Crippen molar-refractivity contribution in [3.05, 3.63) is 71.2 Å². The average molecular weight is 401 g/mol. The first kappa shape index (κ1) is 19.5. The summed E-state index contributed by atoms with van der Waals surface area (Å²) in [4.78, 5) is 19.6. The number of amides is 1. The van der Waals surface area contributed by atoms with Gasteiger partial charge in [-0.25, -0.2) is 4.98 Å². The molecule has 0 aliphatic rings. The van der Waals surface area contributed by atoms with Crippen molar-refractivity contribution in [2.75, 3.05) is 13.3 Å². The summed E-state index contributed by atoms with van der Waals surface area (Å²) in [5.41, 5.74) is 1.91. The Balaban J connectivity index is 1.55. The average Bonchev–Trinajstić information content (AvgIpc) is 3.15. The van der Waals surface area contributed by atoms with Gasteiger partial charge in [0.05, 0.1) is 11.2 Å². The highest BCUT2D eigenvalue weighted by atomic mass is 35.5. The van der Waals surface area contributed by atoms with E-state index in [1.165, 1.54) is 4.90 Å². The highest BCUT2D eigenvalue weighted by Crippen LogP contribution is 2.28. The molecule has 0 saturated heterocycles. The van der Waals surface area contributed by atoms with Crippen LogP contribution in [0, 0.1) is 0 Å². The van der Waals surface area contributed by atoms with Crippen molar-refractivity contribution in [2.24, 2.45) is 0 Å².